The summed E-state index contributed by atoms with van der Waals surface area (Å²) in [5.41, 5.74) is 1.73. The Morgan fingerprint density at radius 1 is 1.10 bits per heavy atom. The predicted molar refractivity (Wildman–Crippen MR) is 110 cm³/mol. The summed E-state index contributed by atoms with van der Waals surface area (Å²) in [5, 5.41) is 0. The van der Waals surface area contributed by atoms with Crippen molar-refractivity contribution < 1.29 is 18.7 Å². The van der Waals surface area contributed by atoms with Crippen molar-refractivity contribution in [3.8, 4) is 11.5 Å². The minimum absolute atomic E-state index is 0.194. The van der Waals surface area contributed by atoms with Gasteiger partial charge in [0.25, 0.3) is 0 Å². The summed E-state index contributed by atoms with van der Waals surface area (Å²) < 4.78 is 16.7. The second-order valence-electron chi connectivity index (χ2n) is 7.30. The molecule has 0 radical (unpaired) electrons. The summed E-state index contributed by atoms with van der Waals surface area (Å²) in [5.74, 6) is 2.86. The van der Waals surface area contributed by atoms with Gasteiger partial charge in [-0.25, -0.2) is 4.98 Å². The lowest BCUT2D eigenvalue weighted by molar-refractivity contribution is -0.132. The molecule has 0 N–H and O–H groups in total. The van der Waals surface area contributed by atoms with Crippen molar-refractivity contribution in [1.29, 1.82) is 0 Å². The van der Waals surface area contributed by atoms with E-state index in [2.05, 4.69) is 4.98 Å². The fraction of sp³-hybridized carbons (Fsp3) is 0.391. The van der Waals surface area contributed by atoms with E-state index in [1.165, 1.54) is 0 Å². The second kappa shape index (κ2) is 8.99. The average molecular weight is 394 g/mol. The highest BCUT2D eigenvalue weighted by Crippen LogP contribution is 2.30. The number of carbonyl (C=O) groups excluding carboxylic acids is 1. The minimum atomic E-state index is 0.194. The molecule has 1 amide bonds. The first-order valence-electron chi connectivity index (χ1n) is 10.1. The number of oxazole rings is 1. The van der Waals surface area contributed by atoms with Crippen molar-refractivity contribution in [1.82, 2.24) is 9.88 Å². The van der Waals surface area contributed by atoms with E-state index in [0.717, 1.165) is 54.4 Å². The number of aromatic nitrogens is 1. The number of para-hydroxylation sites is 2. The molecular weight excluding hydrogens is 368 g/mol. The van der Waals surface area contributed by atoms with Crippen LogP contribution >= 0.6 is 0 Å². The van der Waals surface area contributed by atoms with Crippen molar-refractivity contribution in [2.75, 3.05) is 26.8 Å². The molecule has 0 spiro atoms. The quantitative estimate of drug-likeness (QED) is 0.556. The number of piperidine rings is 1. The van der Waals surface area contributed by atoms with E-state index in [1.807, 2.05) is 53.4 Å². The van der Waals surface area contributed by atoms with Gasteiger partial charge in [-0.05, 0) is 55.7 Å². The van der Waals surface area contributed by atoms with E-state index < -0.39 is 0 Å². The fourth-order valence-corrected chi connectivity index (χ4v) is 3.68. The maximum Gasteiger partial charge on any atom is 0.222 e. The van der Waals surface area contributed by atoms with Crippen LogP contribution in [0.4, 0.5) is 0 Å². The van der Waals surface area contributed by atoms with Crippen LogP contribution < -0.4 is 9.47 Å². The summed E-state index contributed by atoms with van der Waals surface area (Å²) in [6.45, 7) is 2.03. The first-order chi connectivity index (χ1) is 14.2. The highest BCUT2D eigenvalue weighted by Gasteiger charge is 2.26. The number of ether oxygens (including phenoxy) is 2. The average Bonchev–Trinajstić information content (AvgIpc) is 3.21. The van der Waals surface area contributed by atoms with E-state index >= 15 is 0 Å². The Balaban J connectivity index is 1.19. The molecule has 2 aromatic carbocycles. The van der Waals surface area contributed by atoms with E-state index in [0.29, 0.717) is 19.4 Å². The first-order valence-corrected chi connectivity index (χ1v) is 10.1. The van der Waals surface area contributed by atoms with E-state index in [9.17, 15) is 4.79 Å². The summed E-state index contributed by atoms with van der Waals surface area (Å²) in [6, 6.07) is 15.3. The Labute approximate surface area is 170 Å². The molecule has 1 fully saturated rings. The Bertz CT molecular complexity index is 910. The number of hydrogen-bond donors (Lipinski definition) is 0. The van der Waals surface area contributed by atoms with Crippen LogP contribution in [0.5, 0.6) is 11.5 Å². The van der Waals surface area contributed by atoms with Gasteiger partial charge in [0.2, 0.25) is 5.91 Å². The maximum absolute atomic E-state index is 12.5. The summed E-state index contributed by atoms with van der Waals surface area (Å²) >= 11 is 0. The van der Waals surface area contributed by atoms with Crippen LogP contribution in [0.3, 0.4) is 0 Å². The van der Waals surface area contributed by atoms with Crippen LogP contribution in [0.15, 0.2) is 52.9 Å². The van der Waals surface area contributed by atoms with Gasteiger partial charge in [-0.3, -0.25) is 4.79 Å². The SMILES string of the molecule is COc1ccc(OCCCC(=O)N2CCC(c3nc4ccccc4o3)CC2)cc1. The predicted octanol–water partition coefficient (Wildman–Crippen LogP) is 4.40. The van der Waals surface area contributed by atoms with Gasteiger partial charge in [0.1, 0.15) is 17.0 Å². The van der Waals surface area contributed by atoms with Gasteiger partial charge >= 0.3 is 0 Å². The molecule has 0 aliphatic carbocycles. The van der Waals surface area contributed by atoms with Crippen LogP contribution in [0.2, 0.25) is 0 Å². The summed E-state index contributed by atoms with van der Waals surface area (Å²) in [4.78, 5) is 19.1. The van der Waals surface area contributed by atoms with Gasteiger partial charge in [-0.15, -0.1) is 0 Å². The zero-order chi connectivity index (χ0) is 20.1. The van der Waals surface area contributed by atoms with Crippen LogP contribution in [0.25, 0.3) is 11.1 Å². The van der Waals surface area contributed by atoms with Crippen molar-refractivity contribution in [3.05, 3.63) is 54.4 Å². The van der Waals surface area contributed by atoms with Crippen LogP contribution in [0, 0.1) is 0 Å². The van der Waals surface area contributed by atoms with Crippen LogP contribution in [-0.4, -0.2) is 42.6 Å². The molecule has 29 heavy (non-hydrogen) atoms. The molecule has 0 saturated carbocycles. The molecular formula is C23H26N2O4. The number of amides is 1. The van der Waals surface area contributed by atoms with Gasteiger partial charge in [-0.2, -0.15) is 0 Å². The third kappa shape index (κ3) is 4.70. The normalized spacial score (nSPS) is 14.9. The minimum Gasteiger partial charge on any atom is -0.497 e. The molecule has 1 aliphatic rings. The lowest BCUT2D eigenvalue weighted by atomic mass is 9.96. The monoisotopic (exact) mass is 394 g/mol. The standard InChI is InChI=1S/C23H26N2O4/c1-27-18-8-10-19(11-9-18)28-16-4-7-22(26)25-14-12-17(13-15-25)23-24-20-5-2-3-6-21(20)29-23/h2-3,5-6,8-11,17H,4,7,12-16H2,1H3. The summed E-state index contributed by atoms with van der Waals surface area (Å²) in [7, 11) is 1.64. The molecule has 6 heteroatoms. The lowest BCUT2D eigenvalue weighted by Gasteiger charge is -2.30. The number of rotatable bonds is 7. The highest BCUT2D eigenvalue weighted by atomic mass is 16.5. The van der Waals surface area contributed by atoms with Gasteiger partial charge in [0.15, 0.2) is 11.5 Å². The molecule has 1 aromatic heterocycles. The Morgan fingerprint density at radius 2 is 1.83 bits per heavy atom. The number of hydrogen-bond acceptors (Lipinski definition) is 5. The van der Waals surface area contributed by atoms with Gasteiger partial charge < -0.3 is 18.8 Å². The third-order valence-electron chi connectivity index (χ3n) is 5.37. The third-order valence-corrected chi connectivity index (χ3v) is 5.37. The fourth-order valence-electron chi connectivity index (χ4n) is 3.68. The van der Waals surface area contributed by atoms with E-state index in [-0.39, 0.29) is 11.8 Å². The molecule has 4 rings (SSSR count). The number of carbonyl (C=O) groups is 1. The number of methoxy groups -OCH3 is 1. The molecule has 0 atom stereocenters. The van der Waals surface area contributed by atoms with Crippen molar-refractivity contribution in [2.24, 2.45) is 0 Å². The van der Waals surface area contributed by atoms with Gasteiger partial charge in [0.05, 0.1) is 13.7 Å². The molecule has 1 aliphatic heterocycles. The Kier molecular flexibility index (Phi) is 5.98. The smallest absolute Gasteiger partial charge is 0.222 e. The molecule has 6 nitrogen and oxygen atoms in total. The molecule has 3 aromatic rings. The van der Waals surface area contributed by atoms with Crippen LogP contribution in [0.1, 0.15) is 37.5 Å². The number of nitrogens with zero attached hydrogens (tertiary/aromatic N) is 2. The van der Waals surface area contributed by atoms with E-state index in [4.69, 9.17) is 13.9 Å². The van der Waals surface area contributed by atoms with Crippen molar-refractivity contribution in [3.63, 3.8) is 0 Å². The Hall–Kier alpha value is -3.02. The zero-order valence-corrected chi connectivity index (χ0v) is 16.7. The maximum atomic E-state index is 12.5. The largest absolute Gasteiger partial charge is 0.497 e. The second-order valence-corrected chi connectivity index (χ2v) is 7.30. The topological polar surface area (TPSA) is 64.8 Å². The molecule has 1 saturated heterocycles. The molecule has 2 heterocycles. The molecule has 0 bridgehead atoms. The highest BCUT2D eigenvalue weighted by molar-refractivity contribution is 5.76. The Morgan fingerprint density at radius 3 is 2.55 bits per heavy atom. The van der Waals surface area contributed by atoms with Crippen molar-refractivity contribution >= 4 is 17.0 Å². The molecule has 0 unspecified atom stereocenters. The number of benzene rings is 2. The first kappa shape index (κ1) is 19.3. The van der Waals surface area contributed by atoms with Gasteiger partial charge in [0, 0.05) is 25.4 Å². The summed E-state index contributed by atoms with van der Waals surface area (Å²) in [6.07, 6.45) is 2.99. The number of fused-ring (bicyclic) bond motifs is 1. The van der Waals surface area contributed by atoms with E-state index in [1.54, 1.807) is 7.11 Å². The van der Waals surface area contributed by atoms with Crippen LogP contribution in [-0.2, 0) is 4.79 Å². The van der Waals surface area contributed by atoms with Gasteiger partial charge in [-0.1, -0.05) is 12.1 Å². The number of likely N-dealkylation sites (tertiary alicyclic amines) is 1. The van der Waals surface area contributed by atoms with Crippen molar-refractivity contribution in [2.45, 2.75) is 31.6 Å². The zero-order valence-electron chi connectivity index (χ0n) is 16.7. The lowest BCUT2D eigenvalue weighted by Crippen LogP contribution is -2.38. The molecule has 152 valence electrons.